The number of ether oxygens (including phenoxy) is 1. The van der Waals surface area contributed by atoms with Crippen molar-refractivity contribution in [3.8, 4) is 5.75 Å². The van der Waals surface area contributed by atoms with Gasteiger partial charge in [0.2, 0.25) is 0 Å². The van der Waals surface area contributed by atoms with Crippen LogP contribution >= 0.6 is 0 Å². The summed E-state index contributed by atoms with van der Waals surface area (Å²) in [5.74, 6) is 1.54. The minimum absolute atomic E-state index is 0.0895. The maximum Gasteiger partial charge on any atom is 0.119 e. The monoisotopic (exact) mass is 291 g/mol. The zero-order chi connectivity index (χ0) is 15.2. The quantitative estimate of drug-likeness (QED) is 0.840. The molecule has 2 N–H and O–H groups in total. The van der Waals surface area contributed by atoms with E-state index in [2.05, 4.69) is 24.4 Å². The van der Waals surface area contributed by atoms with Crippen LogP contribution in [0.3, 0.4) is 0 Å². The average Bonchev–Trinajstić information content (AvgIpc) is 2.45. The Labute approximate surface area is 128 Å². The van der Waals surface area contributed by atoms with Crippen molar-refractivity contribution in [3.63, 3.8) is 0 Å². The summed E-state index contributed by atoms with van der Waals surface area (Å²) in [5, 5.41) is 13.3. The van der Waals surface area contributed by atoms with Gasteiger partial charge in [-0.1, -0.05) is 18.6 Å². The van der Waals surface area contributed by atoms with E-state index in [1.807, 2.05) is 26.0 Å². The molecule has 1 aliphatic carbocycles. The second-order valence-corrected chi connectivity index (χ2v) is 6.55. The van der Waals surface area contributed by atoms with Crippen molar-refractivity contribution >= 4 is 0 Å². The molecule has 3 unspecified atom stereocenters. The van der Waals surface area contributed by atoms with Crippen LogP contribution in [0.1, 0.15) is 58.1 Å². The molecular formula is C18H29NO2. The SMILES string of the molecule is CC(C)Oc1ccc(C(C)NCC2CCCC(O)C2)cc1. The second-order valence-electron chi connectivity index (χ2n) is 6.55. The molecule has 118 valence electrons. The molecule has 2 rings (SSSR count). The molecule has 1 aromatic rings. The molecule has 1 aliphatic rings. The molecule has 1 aromatic carbocycles. The van der Waals surface area contributed by atoms with Crippen LogP contribution in [0, 0.1) is 5.92 Å². The molecule has 0 bridgehead atoms. The lowest BCUT2D eigenvalue weighted by molar-refractivity contribution is 0.0998. The van der Waals surface area contributed by atoms with Crippen molar-refractivity contribution in [2.75, 3.05) is 6.54 Å². The Morgan fingerprint density at radius 2 is 1.90 bits per heavy atom. The summed E-state index contributed by atoms with van der Waals surface area (Å²) in [6.45, 7) is 7.26. The average molecular weight is 291 g/mol. The van der Waals surface area contributed by atoms with Gasteiger partial charge in [-0.2, -0.15) is 0 Å². The fourth-order valence-corrected chi connectivity index (χ4v) is 3.02. The van der Waals surface area contributed by atoms with Crippen molar-refractivity contribution in [1.82, 2.24) is 5.32 Å². The predicted octanol–water partition coefficient (Wildman–Crippen LogP) is 3.68. The van der Waals surface area contributed by atoms with Crippen molar-refractivity contribution < 1.29 is 9.84 Å². The topological polar surface area (TPSA) is 41.5 Å². The molecule has 3 nitrogen and oxygen atoms in total. The van der Waals surface area contributed by atoms with Crippen LogP contribution in [0.4, 0.5) is 0 Å². The zero-order valence-corrected chi connectivity index (χ0v) is 13.5. The van der Waals surface area contributed by atoms with Crippen molar-refractivity contribution in [3.05, 3.63) is 29.8 Å². The Morgan fingerprint density at radius 3 is 2.52 bits per heavy atom. The molecule has 21 heavy (non-hydrogen) atoms. The maximum absolute atomic E-state index is 9.72. The first-order valence-corrected chi connectivity index (χ1v) is 8.22. The fraction of sp³-hybridized carbons (Fsp3) is 0.667. The van der Waals surface area contributed by atoms with Crippen LogP contribution < -0.4 is 10.1 Å². The van der Waals surface area contributed by atoms with E-state index in [0.717, 1.165) is 31.6 Å². The highest BCUT2D eigenvalue weighted by molar-refractivity contribution is 5.29. The molecule has 0 spiro atoms. The lowest BCUT2D eigenvalue weighted by atomic mass is 9.87. The second kappa shape index (κ2) is 7.81. The van der Waals surface area contributed by atoms with Gasteiger partial charge in [0.1, 0.15) is 5.75 Å². The van der Waals surface area contributed by atoms with E-state index < -0.39 is 0 Å². The first kappa shape index (κ1) is 16.3. The van der Waals surface area contributed by atoms with E-state index in [1.54, 1.807) is 0 Å². The van der Waals surface area contributed by atoms with Gasteiger partial charge in [0, 0.05) is 6.04 Å². The van der Waals surface area contributed by atoms with Crippen molar-refractivity contribution in [2.45, 2.75) is 64.7 Å². The number of aliphatic hydroxyl groups excluding tert-OH is 1. The van der Waals surface area contributed by atoms with Crippen molar-refractivity contribution in [1.29, 1.82) is 0 Å². The minimum Gasteiger partial charge on any atom is -0.491 e. The molecule has 3 heteroatoms. The number of nitrogens with one attached hydrogen (secondary N) is 1. The van der Waals surface area contributed by atoms with Gasteiger partial charge in [-0.15, -0.1) is 0 Å². The number of hydrogen-bond donors (Lipinski definition) is 2. The molecule has 1 fully saturated rings. The summed E-state index contributed by atoms with van der Waals surface area (Å²) in [6, 6.07) is 8.67. The molecule has 0 saturated heterocycles. The number of benzene rings is 1. The van der Waals surface area contributed by atoms with E-state index in [1.165, 1.54) is 12.0 Å². The van der Waals surface area contributed by atoms with Gasteiger partial charge in [-0.25, -0.2) is 0 Å². The van der Waals surface area contributed by atoms with Gasteiger partial charge >= 0.3 is 0 Å². The van der Waals surface area contributed by atoms with E-state index in [4.69, 9.17) is 4.74 Å². The fourth-order valence-electron chi connectivity index (χ4n) is 3.02. The van der Waals surface area contributed by atoms with Gasteiger partial charge in [-0.05, 0) is 70.2 Å². The van der Waals surface area contributed by atoms with E-state index in [-0.39, 0.29) is 12.2 Å². The molecule has 3 atom stereocenters. The molecule has 0 aromatic heterocycles. The molecular weight excluding hydrogens is 262 g/mol. The number of hydrogen-bond acceptors (Lipinski definition) is 3. The summed E-state index contributed by atoms with van der Waals surface area (Å²) in [5.41, 5.74) is 1.28. The summed E-state index contributed by atoms with van der Waals surface area (Å²) >= 11 is 0. The lowest BCUT2D eigenvalue weighted by Gasteiger charge is -2.27. The molecule has 0 radical (unpaired) electrons. The van der Waals surface area contributed by atoms with E-state index in [9.17, 15) is 5.11 Å². The van der Waals surface area contributed by atoms with Crippen LogP contribution in [0.2, 0.25) is 0 Å². The lowest BCUT2D eigenvalue weighted by Crippen LogP contribution is -2.30. The predicted molar refractivity (Wildman–Crippen MR) is 86.6 cm³/mol. The van der Waals surface area contributed by atoms with Crippen molar-refractivity contribution in [2.24, 2.45) is 5.92 Å². The van der Waals surface area contributed by atoms with Crippen LogP contribution in [-0.4, -0.2) is 23.9 Å². The molecule has 0 amide bonds. The molecule has 0 heterocycles. The summed E-state index contributed by atoms with van der Waals surface area (Å²) in [7, 11) is 0. The Morgan fingerprint density at radius 1 is 1.19 bits per heavy atom. The highest BCUT2D eigenvalue weighted by atomic mass is 16.5. The van der Waals surface area contributed by atoms with Crippen LogP contribution in [0.5, 0.6) is 5.75 Å². The third kappa shape index (κ3) is 5.33. The largest absolute Gasteiger partial charge is 0.491 e. The smallest absolute Gasteiger partial charge is 0.119 e. The molecule has 1 saturated carbocycles. The maximum atomic E-state index is 9.72. The number of aliphatic hydroxyl groups is 1. The first-order chi connectivity index (χ1) is 10.0. The normalized spacial score (nSPS) is 24.0. The van der Waals surface area contributed by atoms with Gasteiger partial charge in [0.15, 0.2) is 0 Å². The van der Waals surface area contributed by atoms with Gasteiger partial charge in [0.25, 0.3) is 0 Å². The Kier molecular flexibility index (Phi) is 6.07. The first-order valence-electron chi connectivity index (χ1n) is 8.22. The summed E-state index contributed by atoms with van der Waals surface area (Å²) in [4.78, 5) is 0. The van der Waals surface area contributed by atoms with Crippen LogP contribution in [-0.2, 0) is 0 Å². The number of rotatable bonds is 6. The van der Waals surface area contributed by atoms with Gasteiger partial charge in [0.05, 0.1) is 12.2 Å². The Hall–Kier alpha value is -1.06. The molecule has 0 aliphatic heterocycles. The van der Waals surface area contributed by atoms with Crippen LogP contribution in [0.15, 0.2) is 24.3 Å². The summed E-state index contributed by atoms with van der Waals surface area (Å²) < 4.78 is 5.67. The highest BCUT2D eigenvalue weighted by Gasteiger charge is 2.20. The highest BCUT2D eigenvalue weighted by Crippen LogP contribution is 2.25. The Balaban J connectivity index is 1.81. The third-order valence-corrected chi connectivity index (χ3v) is 4.22. The van der Waals surface area contributed by atoms with Gasteiger partial charge in [-0.3, -0.25) is 0 Å². The van der Waals surface area contributed by atoms with E-state index >= 15 is 0 Å². The van der Waals surface area contributed by atoms with Gasteiger partial charge < -0.3 is 15.2 Å². The van der Waals surface area contributed by atoms with E-state index in [0.29, 0.717) is 12.0 Å². The summed E-state index contributed by atoms with van der Waals surface area (Å²) in [6.07, 6.45) is 4.43. The standard InChI is InChI=1S/C18H29NO2/c1-13(2)21-18-9-7-16(8-10-18)14(3)19-12-15-5-4-6-17(20)11-15/h7-10,13-15,17,19-20H,4-6,11-12H2,1-3H3. The Bertz CT molecular complexity index is 416. The third-order valence-electron chi connectivity index (χ3n) is 4.22. The van der Waals surface area contributed by atoms with Crippen LogP contribution in [0.25, 0.3) is 0 Å². The minimum atomic E-state index is -0.0895. The zero-order valence-electron chi connectivity index (χ0n) is 13.5.